The molecule has 5 rings (SSSR count). The number of hydrogen-bond acceptors (Lipinski definition) is 9. The van der Waals surface area contributed by atoms with Crippen LogP contribution in [0.1, 0.15) is 24.0 Å². The van der Waals surface area contributed by atoms with Gasteiger partial charge in [0.05, 0.1) is 6.61 Å². The predicted octanol–water partition coefficient (Wildman–Crippen LogP) is 3.12. The fourth-order valence-corrected chi connectivity index (χ4v) is 5.17. The van der Waals surface area contributed by atoms with Gasteiger partial charge in [0.25, 0.3) is 5.91 Å². The number of carboxylic acids is 3. The summed E-state index contributed by atoms with van der Waals surface area (Å²) in [5.41, 5.74) is 1.56. The van der Waals surface area contributed by atoms with E-state index in [0.29, 0.717) is 29.4 Å². The maximum Gasteiger partial charge on any atom is 0.377 e. The van der Waals surface area contributed by atoms with Crippen LogP contribution in [0.5, 0.6) is 23.0 Å². The van der Waals surface area contributed by atoms with Crippen LogP contribution in [0.15, 0.2) is 72.8 Å². The highest BCUT2D eigenvalue weighted by Gasteiger charge is 2.58. The number of carbonyl (C=O) groups is 4. The lowest BCUT2D eigenvalue weighted by molar-refractivity contribution is -0.218. The van der Waals surface area contributed by atoms with Crippen molar-refractivity contribution < 1.29 is 58.2 Å². The fraction of sp³-hybridized carbons (Fsp3) is 0.290. The zero-order chi connectivity index (χ0) is 31.4. The first-order valence-corrected chi connectivity index (χ1v) is 13.6. The Balaban J connectivity index is 1.46. The average Bonchev–Trinajstić information content (AvgIpc) is 3.67. The third kappa shape index (κ3) is 6.28. The molecule has 2 aliphatic rings. The molecule has 13 heteroatoms. The number of hydrogen-bond donors (Lipinski definition) is 3. The molecule has 2 aliphatic heterocycles. The second-order valence-electron chi connectivity index (χ2n) is 10.2. The number of rotatable bonds is 12. The molecular weight excluding hydrogens is 578 g/mol. The van der Waals surface area contributed by atoms with Gasteiger partial charge in [-0.15, -0.1) is 0 Å². The van der Waals surface area contributed by atoms with Gasteiger partial charge in [-0.2, -0.15) is 0 Å². The molecule has 0 radical (unpaired) electrons. The second-order valence-corrected chi connectivity index (χ2v) is 10.2. The van der Waals surface area contributed by atoms with Crippen LogP contribution in [0.4, 0.5) is 0 Å². The minimum Gasteiger partial charge on any atom is -0.480 e. The van der Waals surface area contributed by atoms with Crippen molar-refractivity contribution in [1.82, 2.24) is 4.90 Å². The van der Waals surface area contributed by atoms with Crippen LogP contribution in [0.2, 0.25) is 0 Å². The van der Waals surface area contributed by atoms with E-state index in [4.69, 9.17) is 23.7 Å². The monoisotopic (exact) mass is 607 g/mol. The quantitative estimate of drug-likeness (QED) is 0.257. The first-order chi connectivity index (χ1) is 21.1. The second kappa shape index (κ2) is 12.6. The number of para-hydroxylation sites is 1. The van der Waals surface area contributed by atoms with Gasteiger partial charge in [0.1, 0.15) is 18.0 Å². The molecule has 3 aromatic rings. The summed E-state index contributed by atoms with van der Waals surface area (Å²) in [7, 11) is 0. The van der Waals surface area contributed by atoms with E-state index >= 15 is 0 Å². The Morgan fingerprint density at radius 1 is 0.909 bits per heavy atom. The SMILES string of the molecule is C[C@H]([C@H](Cc1ccc2c(c1)OCO2)c1ccc(Oc2ccccc2)cc1)N(CC(=O)O)C(=O)[C@@H]1COC(C(=O)O)(C(=O)O)O1. The Morgan fingerprint density at radius 3 is 2.20 bits per heavy atom. The van der Waals surface area contributed by atoms with Crippen LogP contribution in [-0.4, -0.2) is 81.9 Å². The van der Waals surface area contributed by atoms with Crippen LogP contribution < -0.4 is 14.2 Å². The Kier molecular flexibility index (Phi) is 8.69. The summed E-state index contributed by atoms with van der Waals surface area (Å²) in [6.07, 6.45) is -1.34. The Morgan fingerprint density at radius 2 is 1.57 bits per heavy atom. The van der Waals surface area contributed by atoms with E-state index in [1.54, 1.807) is 31.2 Å². The lowest BCUT2D eigenvalue weighted by atomic mass is 9.85. The van der Waals surface area contributed by atoms with E-state index in [-0.39, 0.29) is 6.79 Å². The first kappa shape index (κ1) is 30.3. The molecule has 230 valence electrons. The molecule has 1 fully saturated rings. The van der Waals surface area contributed by atoms with Crippen molar-refractivity contribution in [2.45, 2.75) is 37.2 Å². The highest BCUT2D eigenvalue weighted by atomic mass is 16.8. The Bertz CT molecular complexity index is 1530. The van der Waals surface area contributed by atoms with Gasteiger partial charge >= 0.3 is 23.7 Å². The maximum absolute atomic E-state index is 13.7. The standard InChI is InChI=1S/C31H29NO12/c1-18(32(15-27(33)34)28(35)26-16-42-31(44-26,29(36)37)30(38)39)23(13-19-7-12-24-25(14-19)41-17-40-24)20-8-10-22(11-9-20)43-21-5-3-2-4-6-21/h2-12,14,18,23,26H,13,15-17H2,1H3,(H,33,34)(H,36,37)(H,38,39)/t18-,23+,26+/m1/s1. The highest BCUT2D eigenvalue weighted by Crippen LogP contribution is 2.36. The number of nitrogens with zero attached hydrogens (tertiary/aromatic N) is 1. The molecule has 2 heterocycles. The van der Waals surface area contributed by atoms with Gasteiger partial charge in [-0.25, -0.2) is 9.59 Å². The lowest BCUT2D eigenvalue weighted by Crippen LogP contribution is -2.52. The van der Waals surface area contributed by atoms with Crippen molar-refractivity contribution in [1.29, 1.82) is 0 Å². The molecular formula is C31H29NO12. The first-order valence-electron chi connectivity index (χ1n) is 13.6. The molecule has 0 bridgehead atoms. The fourth-order valence-electron chi connectivity index (χ4n) is 5.17. The van der Waals surface area contributed by atoms with Gasteiger partial charge < -0.3 is 43.9 Å². The topological polar surface area (TPSA) is 178 Å². The van der Waals surface area contributed by atoms with Crippen LogP contribution in [0.3, 0.4) is 0 Å². The molecule has 3 aromatic carbocycles. The highest BCUT2D eigenvalue weighted by molar-refractivity contribution is 6.01. The summed E-state index contributed by atoms with van der Waals surface area (Å²) in [4.78, 5) is 50.0. The maximum atomic E-state index is 13.7. The van der Waals surface area contributed by atoms with Gasteiger partial charge in [-0.3, -0.25) is 9.59 Å². The molecule has 0 unspecified atom stereocenters. The molecule has 13 nitrogen and oxygen atoms in total. The molecule has 0 aliphatic carbocycles. The summed E-state index contributed by atoms with van der Waals surface area (Å²) in [5, 5.41) is 28.6. The van der Waals surface area contributed by atoms with Gasteiger partial charge in [0, 0.05) is 12.0 Å². The largest absolute Gasteiger partial charge is 0.480 e. The van der Waals surface area contributed by atoms with Gasteiger partial charge in [-0.05, 0) is 60.9 Å². The summed E-state index contributed by atoms with van der Waals surface area (Å²) >= 11 is 0. The van der Waals surface area contributed by atoms with Crippen LogP contribution >= 0.6 is 0 Å². The van der Waals surface area contributed by atoms with Crippen LogP contribution in [0.25, 0.3) is 0 Å². The summed E-state index contributed by atoms with van der Waals surface area (Å²) in [6, 6.07) is 20.9. The van der Waals surface area contributed by atoms with E-state index in [1.165, 1.54) is 0 Å². The smallest absolute Gasteiger partial charge is 0.377 e. The van der Waals surface area contributed by atoms with Crippen molar-refractivity contribution in [3.63, 3.8) is 0 Å². The third-order valence-electron chi connectivity index (χ3n) is 7.43. The molecule has 44 heavy (non-hydrogen) atoms. The molecule has 0 spiro atoms. The number of benzene rings is 3. The minimum atomic E-state index is -3.08. The van der Waals surface area contributed by atoms with Gasteiger partial charge in [0.2, 0.25) is 6.79 Å². The van der Waals surface area contributed by atoms with E-state index in [1.807, 2.05) is 48.5 Å². The zero-order valence-electron chi connectivity index (χ0n) is 23.5. The van der Waals surface area contributed by atoms with E-state index in [2.05, 4.69) is 0 Å². The van der Waals surface area contributed by atoms with Crippen molar-refractivity contribution in [3.8, 4) is 23.0 Å². The van der Waals surface area contributed by atoms with Crippen molar-refractivity contribution in [3.05, 3.63) is 83.9 Å². The predicted molar refractivity (Wildman–Crippen MR) is 150 cm³/mol. The number of carbonyl (C=O) groups excluding carboxylic acids is 1. The summed E-state index contributed by atoms with van der Waals surface area (Å²) in [6.45, 7) is 0.281. The van der Waals surface area contributed by atoms with E-state index in [9.17, 15) is 34.5 Å². The molecule has 3 N–H and O–H groups in total. The molecule has 0 saturated carbocycles. The number of aliphatic carboxylic acids is 3. The minimum absolute atomic E-state index is 0.0834. The van der Waals surface area contributed by atoms with Crippen molar-refractivity contribution in [2.24, 2.45) is 0 Å². The normalized spacial score (nSPS) is 17.8. The number of amides is 1. The van der Waals surface area contributed by atoms with Crippen molar-refractivity contribution in [2.75, 3.05) is 19.9 Å². The zero-order valence-corrected chi connectivity index (χ0v) is 23.5. The summed E-state index contributed by atoms with van der Waals surface area (Å²) in [5.74, 6) is -7.41. The van der Waals surface area contributed by atoms with E-state index in [0.717, 1.165) is 16.0 Å². The average molecular weight is 608 g/mol. The van der Waals surface area contributed by atoms with Crippen LogP contribution in [-0.2, 0) is 35.1 Å². The van der Waals surface area contributed by atoms with Gasteiger partial charge in [0.15, 0.2) is 17.6 Å². The van der Waals surface area contributed by atoms with Crippen molar-refractivity contribution >= 4 is 23.8 Å². The molecule has 3 atom stereocenters. The number of fused-ring (bicyclic) bond motifs is 1. The Hall–Kier alpha value is -5.14. The van der Waals surface area contributed by atoms with E-state index < -0.39 is 60.8 Å². The van der Waals surface area contributed by atoms with Gasteiger partial charge in [-0.1, -0.05) is 36.4 Å². The third-order valence-corrected chi connectivity index (χ3v) is 7.43. The molecule has 0 aromatic heterocycles. The number of ether oxygens (including phenoxy) is 5. The molecule has 1 saturated heterocycles. The van der Waals surface area contributed by atoms with Crippen LogP contribution in [0, 0.1) is 0 Å². The molecule has 1 amide bonds. The summed E-state index contributed by atoms with van der Waals surface area (Å²) < 4.78 is 26.9. The number of carboxylic acid groups (broad SMARTS) is 3. The lowest BCUT2D eigenvalue weighted by Gasteiger charge is -2.35. The Labute approximate surface area is 251 Å².